The van der Waals surface area contributed by atoms with Gasteiger partial charge in [0.25, 0.3) is 0 Å². The maximum atomic E-state index is 4.20. The molecule has 0 aromatic carbocycles. The van der Waals surface area contributed by atoms with Gasteiger partial charge in [0.2, 0.25) is 0 Å². The summed E-state index contributed by atoms with van der Waals surface area (Å²) >= 11 is 0. The van der Waals surface area contributed by atoms with Crippen LogP contribution in [0.5, 0.6) is 0 Å². The standard InChI is InChI=1S/C14H23N3/c1-6-10(3)8-14(15-7-2)13-9-11(4)16-17-12(13)5/h9,14-15H,3,6-8H2,1-2,4-5H3. The third-order valence-corrected chi connectivity index (χ3v) is 2.96. The summed E-state index contributed by atoms with van der Waals surface area (Å²) in [5.74, 6) is 0. The topological polar surface area (TPSA) is 37.8 Å². The normalized spacial score (nSPS) is 12.5. The molecule has 3 nitrogen and oxygen atoms in total. The zero-order chi connectivity index (χ0) is 12.8. The van der Waals surface area contributed by atoms with Crippen LogP contribution in [0.2, 0.25) is 0 Å². The van der Waals surface area contributed by atoms with Gasteiger partial charge in [0.15, 0.2) is 0 Å². The highest BCUT2D eigenvalue weighted by Gasteiger charge is 2.15. The van der Waals surface area contributed by atoms with Gasteiger partial charge < -0.3 is 5.32 Å². The zero-order valence-electron chi connectivity index (χ0n) is 11.4. The first-order valence-electron chi connectivity index (χ1n) is 6.29. The van der Waals surface area contributed by atoms with Crippen molar-refractivity contribution in [2.75, 3.05) is 6.54 Å². The predicted molar refractivity (Wildman–Crippen MR) is 72.0 cm³/mol. The molecular formula is C14H23N3. The van der Waals surface area contributed by atoms with E-state index in [0.29, 0.717) is 6.04 Å². The van der Waals surface area contributed by atoms with E-state index >= 15 is 0 Å². The lowest BCUT2D eigenvalue weighted by Gasteiger charge is -2.20. The summed E-state index contributed by atoms with van der Waals surface area (Å²) in [5, 5.41) is 11.8. The lowest BCUT2D eigenvalue weighted by Crippen LogP contribution is -2.23. The van der Waals surface area contributed by atoms with Crippen LogP contribution in [0, 0.1) is 13.8 Å². The molecule has 0 radical (unpaired) electrons. The van der Waals surface area contributed by atoms with E-state index in [4.69, 9.17) is 0 Å². The van der Waals surface area contributed by atoms with Gasteiger partial charge in [-0.15, -0.1) is 0 Å². The van der Waals surface area contributed by atoms with Crippen molar-refractivity contribution in [2.45, 2.75) is 46.6 Å². The van der Waals surface area contributed by atoms with Gasteiger partial charge in [0.1, 0.15) is 0 Å². The van der Waals surface area contributed by atoms with Crippen molar-refractivity contribution in [3.63, 3.8) is 0 Å². The summed E-state index contributed by atoms with van der Waals surface area (Å²) in [6.07, 6.45) is 1.99. The smallest absolute Gasteiger partial charge is 0.0648 e. The zero-order valence-corrected chi connectivity index (χ0v) is 11.4. The van der Waals surface area contributed by atoms with Crippen molar-refractivity contribution in [1.29, 1.82) is 0 Å². The fourth-order valence-corrected chi connectivity index (χ4v) is 1.89. The van der Waals surface area contributed by atoms with Crippen LogP contribution >= 0.6 is 0 Å². The molecule has 1 atom stereocenters. The molecule has 1 rings (SSSR count). The lowest BCUT2D eigenvalue weighted by atomic mass is 9.97. The second-order valence-electron chi connectivity index (χ2n) is 4.44. The summed E-state index contributed by atoms with van der Waals surface area (Å²) in [7, 11) is 0. The Hall–Kier alpha value is -1.22. The van der Waals surface area contributed by atoms with E-state index in [-0.39, 0.29) is 0 Å². The fraction of sp³-hybridized carbons (Fsp3) is 0.571. The van der Waals surface area contributed by atoms with Crippen molar-refractivity contribution >= 4 is 0 Å². The first-order valence-corrected chi connectivity index (χ1v) is 6.29. The minimum absolute atomic E-state index is 0.307. The van der Waals surface area contributed by atoms with Crippen molar-refractivity contribution in [3.8, 4) is 0 Å². The third kappa shape index (κ3) is 3.93. The van der Waals surface area contributed by atoms with Crippen molar-refractivity contribution in [2.24, 2.45) is 0 Å². The Morgan fingerprint density at radius 2 is 2.06 bits per heavy atom. The van der Waals surface area contributed by atoms with E-state index in [1.165, 1.54) is 11.1 Å². The minimum atomic E-state index is 0.307. The average molecular weight is 233 g/mol. The quantitative estimate of drug-likeness (QED) is 0.767. The largest absolute Gasteiger partial charge is 0.310 e. The molecular weight excluding hydrogens is 210 g/mol. The van der Waals surface area contributed by atoms with Crippen LogP contribution in [0.15, 0.2) is 18.2 Å². The number of aryl methyl sites for hydroxylation is 2. The highest BCUT2D eigenvalue weighted by atomic mass is 15.1. The molecule has 3 heteroatoms. The van der Waals surface area contributed by atoms with Crippen LogP contribution in [-0.4, -0.2) is 16.7 Å². The van der Waals surface area contributed by atoms with Crippen molar-refractivity contribution in [1.82, 2.24) is 15.5 Å². The SMILES string of the molecule is C=C(CC)CC(NCC)c1cc(C)nnc1C. The van der Waals surface area contributed by atoms with Gasteiger partial charge in [0, 0.05) is 6.04 Å². The summed E-state index contributed by atoms with van der Waals surface area (Å²) in [5.41, 5.74) is 4.49. The highest BCUT2D eigenvalue weighted by Crippen LogP contribution is 2.23. The number of rotatable bonds is 6. The molecule has 1 aromatic rings. The van der Waals surface area contributed by atoms with Crippen LogP contribution in [0.25, 0.3) is 0 Å². The average Bonchev–Trinajstić information content (AvgIpc) is 2.31. The number of nitrogens with one attached hydrogen (secondary N) is 1. The maximum absolute atomic E-state index is 4.20. The molecule has 0 aliphatic heterocycles. The molecule has 94 valence electrons. The minimum Gasteiger partial charge on any atom is -0.310 e. The summed E-state index contributed by atoms with van der Waals surface area (Å²) in [6, 6.07) is 2.43. The molecule has 1 unspecified atom stereocenters. The Morgan fingerprint density at radius 1 is 1.35 bits per heavy atom. The van der Waals surface area contributed by atoms with Crippen LogP contribution < -0.4 is 5.32 Å². The van der Waals surface area contributed by atoms with Gasteiger partial charge in [-0.05, 0) is 44.9 Å². The number of aromatic nitrogens is 2. The van der Waals surface area contributed by atoms with Gasteiger partial charge in [-0.25, -0.2) is 0 Å². The Kier molecular flexibility index (Phi) is 5.29. The Morgan fingerprint density at radius 3 is 2.65 bits per heavy atom. The van der Waals surface area contributed by atoms with E-state index < -0.39 is 0 Å². The molecule has 0 saturated carbocycles. The van der Waals surface area contributed by atoms with Crippen LogP contribution in [-0.2, 0) is 0 Å². The Balaban J connectivity index is 2.95. The van der Waals surface area contributed by atoms with Crippen LogP contribution in [0.1, 0.15) is 49.7 Å². The van der Waals surface area contributed by atoms with Crippen LogP contribution in [0.3, 0.4) is 0 Å². The monoisotopic (exact) mass is 233 g/mol. The van der Waals surface area contributed by atoms with Gasteiger partial charge >= 0.3 is 0 Å². The van der Waals surface area contributed by atoms with Crippen molar-refractivity contribution < 1.29 is 0 Å². The molecule has 17 heavy (non-hydrogen) atoms. The Labute approximate surface area is 104 Å². The molecule has 0 aliphatic carbocycles. The summed E-state index contributed by atoms with van der Waals surface area (Å²) < 4.78 is 0. The van der Waals surface area contributed by atoms with Gasteiger partial charge in [-0.3, -0.25) is 0 Å². The molecule has 1 aromatic heterocycles. The first-order chi connectivity index (χ1) is 8.08. The molecule has 0 aliphatic rings. The second kappa shape index (κ2) is 6.50. The third-order valence-electron chi connectivity index (χ3n) is 2.96. The molecule has 1 N–H and O–H groups in total. The summed E-state index contributed by atoms with van der Waals surface area (Å²) in [6.45, 7) is 13.3. The molecule has 0 amide bonds. The Bertz CT molecular complexity index is 385. The van der Waals surface area contributed by atoms with Crippen LogP contribution in [0.4, 0.5) is 0 Å². The van der Waals surface area contributed by atoms with Gasteiger partial charge in [-0.1, -0.05) is 26.0 Å². The molecule has 1 heterocycles. The molecule has 0 fully saturated rings. The van der Waals surface area contributed by atoms with Gasteiger partial charge in [0.05, 0.1) is 11.4 Å². The maximum Gasteiger partial charge on any atom is 0.0648 e. The molecule has 0 spiro atoms. The molecule has 0 bridgehead atoms. The predicted octanol–water partition coefficient (Wildman–Crippen LogP) is 3.10. The summed E-state index contributed by atoms with van der Waals surface area (Å²) in [4.78, 5) is 0. The number of nitrogens with zero attached hydrogens (tertiary/aromatic N) is 2. The van der Waals surface area contributed by atoms with Gasteiger partial charge in [-0.2, -0.15) is 10.2 Å². The lowest BCUT2D eigenvalue weighted by molar-refractivity contribution is 0.536. The van der Waals surface area contributed by atoms with E-state index in [1.54, 1.807) is 0 Å². The van der Waals surface area contributed by atoms with Crippen molar-refractivity contribution in [3.05, 3.63) is 35.2 Å². The number of hydrogen-bond donors (Lipinski definition) is 1. The number of hydrogen-bond acceptors (Lipinski definition) is 3. The second-order valence-corrected chi connectivity index (χ2v) is 4.44. The van der Waals surface area contributed by atoms with E-state index in [0.717, 1.165) is 30.8 Å². The van der Waals surface area contributed by atoms with E-state index in [9.17, 15) is 0 Å². The highest BCUT2D eigenvalue weighted by molar-refractivity contribution is 5.25. The van der Waals surface area contributed by atoms with E-state index in [1.807, 2.05) is 13.8 Å². The molecule has 0 saturated heterocycles. The first kappa shape index (κ1) is 13.8. The fourth-order valence-electron chi connectivity index (χ4n) is 1.89. The van der Waals surface area contributed by atoms with E-state index in [2.05, 4.69) is 42.0 Å².